The number of nitrogens with zero attached hydrogens (tertiary/aromatic N) is 4. The zero-order valence-electron chi connectivity index (χ0n) is 14.6. The second-order valence-corrected chi connectivity index (χ2v) is 7.05. The largest absolute Gasteiger partial charge is 0.322 e. The average molecular weight is 460 g/mol. The highest BCUT2D eigenvalue weighted by atomic mass is 79.9. The molecule has 0 radical (unpaired) electrons. The number of rotatable bonds is 4. The first-order valence-corrected chi connectivity index (χ1v) is 9.16. The number of anilines is 1. The van der Waals surface area contributed by atoms with Crippen LogP contribution < -0.4 is 10.9 Å². The lowest BCUT2D eigenvalue weighted by Gasteiger charge is -2.07. The van der Waals surface area contributed by atoms with Gasteiger partial charge in [-0.25, -0.2) is 18.0 Å². The topological polar surface area (TPSA) is 81.3 Å². The summed E-state index contributed by atoms with van der Waals surface area (Å²) in [6.45, 7) is -0.468. The summed E-state index contributed by atoms with van der Waals surface area (Å²) in [4.78, 5) is 24.8. The van der Waals surface area contributed by atoms with Crippen molar-refractivity contribution in [2.24, 2.45) is 0 Å². The maximum absolute atomic E-state index is 13.7. The van der Waals surface area contributed by atoms with Crippen molar-refractivity contribution in [1.29, 1.82) is 0 Å². The number of carbonyl (C=O) groups is 1. The molecule has 146 valence electrons. The standard InChI is InChI=1S/C19H12BrF2N5O2/c20-12-3-1-11(2-4-12)15-8-17-19(29)26(23-10-27(17)25-15)9-18(28)24-16-7-13(21)5-6-14(16)22/h1-8,10H,9H2,(H,24,28). The normalized spacial score (nSPS) is 11.0. The van der Waals surface area contributed by atoms with E-state index in [1.807, 2.05) is 24.3 Å². The van der Waals surface area contributed by atoms with E-state index in [0.29, 0.717) is 5.69 Å². The van der Waals surface area contributed by atoms with E-state index < -0.39 is 29.6 Å². The van der Waals surface area contributed by atoms with Crippen molar-refractivity contribution >= 4 is 33.0 Å². The number of hydrogen-bond donors (Lipinski definition) is 1. The molecule has 0 aliphatic carbocycles. The molecule has 2 aromatic carbocycles. The molecule has 0 spiro atoms. The molecule has 0 unspecified atom stereocenters. The Kier molecular flexibility index (Phi) is 4.93. The van der Waals surface area contributed by atoms with Gasteiger partial charge in [0.05, 0.1) is 11.4 Å². The fraction of sp³-hybridized carbons (Fsp3) is 0.0526. The third-order valence-corrected chi connectivity index (χ3v) is 4.65. The molecule has 1 amide bonds. The average Bonchev–Trinajstić information content (AvgIpc) is 3.13. The van der Waals surface area contributed by atoms with Crippen molar-refractivity contribution in [3.05, 3.63) is 81.3 Å². The van der Waals surface area contributed by atoms with Gasteiger partial charge in [0.15, 0.2) is 0 Å². The monoisotopic (exact) mass is 459 g/mol. The van der Waals surface area contributed by atoms with Gasteiger partial charge in [0, 0.05) is 16.1 Å². The minimum absolute atomic E-state index is 0.225. The van der Waals surface area contributed by atoms with Crippen LogP contribution in [0.5, 0.6) is 0 Å². The maximum Gasteiger partial charge on any atom is 0.293 e. The Morgan fingerprint density at radius 3 is 2.62 bits per heavy atom. The molecule has 29 heavy (non-hydrogen) atoms. The van der Waals surface area contributed by atoms with Gasteiger partial charge < -0.3 is 5.32 Å². The van der Waals surface area contributed by atoms with Crippen LogP contribution >= 0.6 is 15.9 Å². The molecule has 0 aliphatic heterocycles. The highest BCUT2D eigenvalue weighted by Gasteiger charge is 2.14. The Morgan fingerprint density at radius 1 is 1.10 bits per heavy atom. The fourth-order valence-corrected chi connectivity index (χ4v) is 3.00. The van der Waals surface area contributed by atoms with Crippen LogP contribution in [-0.2, 0) is 11.3 Å². The van der Waals surface area contributed by atoms with Crippen molar-refractivity contribution in [3.8, 4) is 11.3 Å². The van der Waals surface area contributed by atoms with Gasteiger partial charge in [0.25, 0.3) is 5.56 Å². The van der Waals surface area contributed by atoms with E-state index >= 15 is 0 Å². The van der Waals surface area contributed by atoms with E-state index in [4.69, 9.17) is 0 Å². The molecule has 2 heterocycles. The molecule has 0 bridgehead atoms. The van der Waals surface area contributed by atoms with Gasteiger partial charge in [0.2, 0.25) is 5.91 Å². The molecule has 0 atom stereocenters. The number of hydrogen-bond acceptors (Lipinski definition) is 4. The molecule has 1 N–H and O–H groups in total. The predicted molar refractivity (Wildman–Crippen MR) is 105 cm³/mol. The van der Waals surface area contributed by atoms with Crippen LogP contribution in [0.1, 0.15) is 0 Å². The summed E-state index contributed by atoms with van der Waals surface area (Å²) in [5.41, 5.74) is 0.745. The Bertz CT molecular complexity index is 1280. The smallest absolute Gasteiger partial charge is 0.293 e. The number of carbonyl (C=O) groups excluding carboxylic acids is 1. The third-order valence-electron chi connectivity index (χ3n) is 4.13. The summed E-state index contributed by atoms with van der Waals surface area (Å²) in [5, 5.41) is 10.5. The third kappa shape index (κ3) is 3.92. The van der Waals surface area contributed by atoms with Crippen LogP contribution in [0.3, 0.4) is 0 Å². The van der Waals surface area contributed by atoms with Crippen molar-refractivity contribution in [2.75, 3.05) is 5.32 Å². The van der Waals surface area contributed by atoms with Crippen LogP contribution in [-0.4, -0.2) is 25.3 Å². The lowest BCUT2D eigenvalue weighted by Crippen LogP contribution is -2.30. The zero-order chi connectivity index (χ0) is 20.5. The van der Waals surface area contributed by atoms with Gasteiger partial charge in [-0.15, -0.1) is 0 Å². The summed E-state index contributed by atoms with van der Waals surface area (Å²) in [6, 6.07) is 11.7. The zero-order valence-corrected chi connectivity index (χ0v) is 16.2. The van der Waals surface area contributed by atoms with Crippen LogP contribution in [0.15, 0.2) is 64.1 Å². The molecule has 4 rings (SSSR count). The summed E-state index contributed by atoms with van der Waals surface area (Å²) < 4.78 is 30.1. The molecule has 0 saturated carbocycles. The van der Waals surface area contributed by atoms with Crippen LogP contribution in [0.4, 0.5) is 14.5 Å². The van der Waals surface area contributed by atoms with E-state index in [0.717, 1.165) is 32.9 Å². The molecular formula is C19H12BrF2N5O2. The Labute approximate surface area is 170 Å². The summed E-state index contributed by atoms with van der Waals surface area (Å²) >= 11 is 3.36. The van der Waals surface area contributed by atoms with Crippen molar-refractivity contribution in [2.45, 2.75) is 6.54 Å². The lowest BCUT2D eigenvalue weighted by atomic mass is 10.1. The summed E-state index contributed by atoms with van der Waals surface area (Å²) in [5.74, 6) is -2.20. The molecule has 4 aromatic rings. The minimum Gasteiger partial charge on any atom is -0.322 e. The summed E-state index contributed by atoms with van der Waals surface area (Å²) in [7, 11) is 0. The second kappa shape index (κ2) is 7.55. The molecule has 7 nitrogen and oxygen atoms in total. The van der Waals surface area contributed by atoms with Crippen molar-refractivity contribution in [1.82, 2.24) is 19.4 Å². The first-order valence-electron chi connectivity index (χ1n) is 8.37. The summed E-state index contributed by atoms with van der Waals surface area (Å²) in [6.07, 6.45) is 1.30. The van der Waals surface area contributed by atoms with Gasteiger partial charge in [-0.05, 0) is 30.3 Å². The number of fused-ring (bicyclic) bond motifs is 1. The van der Waals surface area contributed by atoms with Gasteiger partial charge >= 0.3 is 0 Å². The van der Waals surface area contributed by atoms with Gasteiger partial charge in [-0.2, -0.15) is 10.2 Å². The van der Waals surface area contributed by atoms with Crippen molar-refractivity contribution < 1.29 is 13.6 Å². The minimum atomic E-state index is -0.787. The maximum atomic E-state index is 13.7. The molecule has 0 fully saturated rings. The van der Waals surface area contributed by atoms with Crippen LogP contribution in [0, 0.1) is 11.6 Å². The first-order chi connectivity index (χ1) is 13.9. The molecule has 2 aromatic heterocycles. The highest BCUT2D eigenvalue weighted by molar-refractivity contribution is 9.10. The molecule has 10 heteroatoms. The van der Waals surface area contributed by atoms with Gasteiger partial charge in [0.1, 0.15) is 30.0 Å². The second-order valence-electron chi connectivity index (χ2n) is 6.13. The van der Waals surface area contributed by atoms with Crippen LogP contribution in [0.25, 0.3) is 16.8 Å². The highest BCUT2D eigenvalue weighted by Crippen LogP contribution is 2.21. The molecular weight excluding hydrogens is 448 g/mol. The van der Waals surface area contributed by atoms with E-state index in [1.165, 1.54) is 10.8 Å². The molecule has 0 aliphatic rings. The Balaban J connectivity index is 1.60. The fourth-order valence-electron chi connectivity index (χ4n) is 2.73. The van der Waals surface area contributed by atoms with E-state index in [2.05, 4.69) is 31.4 Å². The van der Waals surface area contributed by atoms with E-state index in [-0.39, 0.29) is 11.2 Å². The number of amides is 1. The lowest BCUT2D eigenvalue weighted by molar-refractivity contribution is -0.117. The molecule has 0 saturated heterocycles. The number of nitrogens with one attached hydrogen (secondary N) is 1. The number of benzene rings is 2. The Morgan fingerprint density at radius 2 is 1.86 bits per heavy atom. The van der Waals surface area contributed by atoms with E-state index in [9.17, 15) is 18.4 Å². The quantitative estimate of drug-likeness (QED) is 0.507. The van der Waals surface area contributed by atoms with Gasteiger partial charge in [-0.3, -0.25) is 9.59 Å². The van der Waals surface area contributed by atoms with E-state index in [1.54, 1.807) is 6.07 Å². The van der Waals surface area contributed by atoms with Gasteiger partial charge in [-0.1, -0.05) is 28.1 Å². The first kappa shape index (κ1) is 18.9. The SMILES string of the molecule is O=C(Cn1ncn2nc(-c3ccc(Br)cc3)cc2c1=O)Nc1cc(F)ccc1F. The van der Waals surface area contributed by atoms with Crippen molar-refractivity contribution in [3.63, 3.8) is 0 Å². The number of aromatic nitrogens is 4. The van der Waals surface area contributed by atoms with Crippen LogP contribution in [0.2, 0.25) is 0 Å². The predicted octanol–water partition coefficient (Wildman–Crippen LogP) is 3.24. The number of halogens is 3. The Hall–Kier alpha value is -3.40.